The zero-order chi connectivity index (χ0) is 19.7. The molecule has 2 heterocycles. The van der Waals surface area contributed by atoms with E-state index >= 15 is 0 Å². The Hall–Kier alpha value is -2.09. The number of anilines is 1. The molecule has 0 bridgehead atoms. The molecule has 0 radical (unpaired) electrons. The summed E-state index contributed by atoms with van der Waals surface area (Å²) in [5.74, 6) is -0.204. The minimum atomic E-state index is -0.452. The molecule has 0 saturated heterocycles. The molecule has 1 aliphatic rings. The second-order valence-corrected chi connectivity index (χ2v) is 9.41. The number of para-hydroxylation sites is 1. The number of rotatable bonds is 5. The highest BCUT2D eigenvalue weighted by Crippen LogP contribution is 2.38. The van der Waals surface area contributed by atoms with Crippen molar-refractivity contribution in [3.63, 3.8) is 0 Å². The van der Waals surface area contributed by atoms with Crippen LogP contribution < -0.4 is 10.6 Å². The lowest BCUT2D eigenvalue weighted by Crippen LogP contribution is -2.36. The lowest BCUT2D eigenvalue weighted by Gasteiger charge is -2.24. The number of hydrogen-bond donors (Lipinski definition) is 2. The van der Waals surface area contributed by atoms with Crippen LogP contribution in [0.5, 0.6) is 0 Å². The number of nitrogens with zero attached hydrogens (tertiary/aromatic N) is 1. The molecular weight excluding hydrogens is 414 g/mol. The maximum absolute atomic E-state index is 12.4. The molecule has 0 spiro atoms. The minimum absolute atomic E-state index is 0.108. The van der Waals surface area contributed by atoms with Crippen LogP contribution in [0.1, 0.15) is 24.3 Å². The van der Waals surface area contributed by atoms with Gasteiger partial charge in [0.1, 0.15) is 0 Å². The molecule has 2 amide bonds. The zero-order valence-electron chi connectivity index (χ0n) is 15.1. The maximum atomic E-state index is 12.4. The summed E-state index contributed by atoms with van der Waals surface area (Å²) in [6.07, 6.45) is 0.130. The molecular formula is C20H18ClN3O2S2. The molecule has 4 rings (SSSR count). The Morgan fingerprint density at radius 3 is 2.96 bits per heavy atom. The molecule has 2 atom stereocenters. The van der Waals surface area contributed by atoms with Crippen molar-refractivity contribution in [2.75, 3.05) is 11.9 Å². The summed E-state index contributed by atoms with van der Waals surface area (Å²) in [7, 11) is 0. The van der Waals surface area contributed by atoms with Gasteiger partial charge in [-0.1, -0.05) is 30.7 Å². The van der Waals surface area contributed by atoms with Gasteiger partial charge in [-0.2, -0.15) is 0 Å². The van der Waals surface area contributed by atoms with Crippen LogP contribution in [-0.2, 0) is 9.59 Å². The molecule has 2 N–H and O–H groups in total. The molecule has 0 unspecified atom stereocenters. The number of hydrogen-bond acceptors (Lipinski definition) is 5. The predicted molar refractivity (Wildman–Crippen MR) is 115 cm³/mol. The molecule has 5 nitrogen and oxygen atoms in total. The first kappa shape index (κ1) is 19.2. The third kappa shape index (κ3) is 4.16. The van der Waals surface area contributed by atoms with Crippen molar-refractivity contribution in [1.29, 1.82) is 0 Å². The van der Waals surface area contributed by atoms with Gasteiger partial charge in [0.15, 0.2) is 0 Å². The van der Waals surface area contributed by atoms with Crippen LogP contribution in [0.15, 0.2) is 47.4 Å². The number of aromatic nitrogens is 1. The smallest absolute Gasteiger partial charge is 0.238 e. The first-order valence-corrected chi connectivity index (χ1v) is 11.0. The SMILES string of the molecule is C[C@@H](CNC(=O)C[C@@H]1Sc2ccc(Cl)cc2NC1=O)c1nc2ccccc2s1. The standard InChI is InChI=1S/C20H18ClN3O2S2/c1-11(20-24-13-4-2-3-5-15(13)28-20)10-22-18(25)9-17-19(26)23-14-8-12(21)6-7-16(14)27-17/h2-8,11,17H,9-10H2,1H3,(H,22,25)(H,23,26)/t11-,17-/m0/s1. The van der Waals surface area contributed by atoms with Crippen molar-refractivity contribution in [2.45, 2.75) is 29.4 Å². The van der Waals surface area contributed by atoms with Crippen molar-refractivity contribution in [2.24, 2.45) is 0 Å². The fourth-order valence-electron chi connectivity index (χ4n) is 2.95. The number of carbonyl (C=O) groups excluding carboxylic acids is 2. The van der Waals surface area contributed by atoms with Gasteiger partial charge in [-0.25, -0.2) is 4.98 Å². The lowest BCUT2D eigenvalue weighted by molar-refractivity contribution is -0.124. The number of halogens is 1. The van der Waals surface area contributed by atoms with E-state index in [1.165, 1.54) is 11.8 Å². The van der Waals surface area contributed by atoms with E-state index in [1.54, 1.807) is 23.5 Å². The number of fused-ring (bicyclic) bond motifs is 2. The summed E-state index contributed by atoms with van der Waals surface area (Å²) in [6.45, 7) is 2.53. The quantitative estimate of drug-likeness (QED) is 0.615. The molecule has 0 saturated carbocycles. The van der Waals surface area contributed by atoms with Crippen LogP contribution in [0.25, 0.3) is 10.2 Å². The van der Waals surface area contributed by atoms with Crippen LogP contribution in [0, 0.1) is 0 Å². The third-order valence-corrected chi connectivity index (χ3v) is 7.25. The summed E-state index contributed by atoms with van der Waals surface area (Å²) in [6, 6.07) is 13.4. The van der Waals surface area contributed by atoms with Crippen molar-refractivity contribution in [3.8, 4) is 0 Å². The van der Waals surface area contributed by atoms with Gasteiger partial charge >= 0.3 is 0 Å². The summed E-state index contributed by atoms with van der Waals surface area (Å²) < 4.78 is 1.14. The summed E-state index contributed by atoms with van der Waals surface area (Å²) in [5, 5.41) is 6.88. The zero-order valence-corrected chi connectivity index (χ0v) is 17.5. The van der Waals surface area contributed by atoms with Crippen LogP contribution >= 0.6 is 34.7 Å². The molecule has 1 aliphatic heterocycles. The van der Waals surface area contributed by atoms with Gasteiger partial charge in [-0.15, -0.1) is 23.1 Å². The second kappa shape index (κ2) is 8.11. The van der Waals surface area contributed by atoms with Crippen molar-refractivity contribution in [3.05, 3.63) is 52.5 Å². The normalized spacial score (nSPS) is 17.1. The highest BCUT2D eigenvalue weighted by molar-refractivity contribution is 8.01. The fourth-order valence-corrected chi connectivity index (χ4v) is 5.23. The largest absolute Gasteiger partial charge is 0.355 e. The van der Waals surface area contributed by atoms with Crippen molar-refractivity contribution in [1.82, 2.24) is 10.3 Å². The molecule has 8 heteroatoms. The Labute approximate surface area is 175 Å². The van der Waals surface area contributed by atoms with Gasteiger partial charge in [-0.05, 0) is 30.3 Å². The van der Waals surface area contributed by atoms with Crippen LogP contribution in [0.3, 0.4) is 0 Å². The lowest BCUT2D eigenvalue weighted by atomic mass is 10.2. The molecule has 144 valence electrons. The van der Waals surface area contributed by atoms with E-state index < -0.39 is 5.25 Å². The van der Waals surface area contributed by atoms with Gasteiger partial charge in [0, 0.05) is 28.8 Å². The predicted octanol–water partition coefficient (Wildman–Crippen LogP) is 4.67. The Kier molecular flexibility index (Phi) is 5.57. The van der Waals surface area contributed by atoms with Gasteiger partial charge in [-0.3, -0.25) is 9.59 Å². The first-order chi connectivity index (χ1) is 13.5. The average molecular weight is 432 g/mol. The van der Waals surface area contributed by atoms with E-state index in [0.29, 0.717) is 17.3 Å². The van der Waals surface area contributed by atoms with Gasteiger partial charge in [0.25, 0.3) is 0 Å². The third-order valence-electron chi connectivity index (χ3n) is 4.47. The van der Waals surface area contributed by atoms with E-state index in [1.807, 2.05) is 37.3 Å². The molecule has 2 aromatic carbocycles. The summed E-state index contributed by atoms with van der Waals surface area (Å²) in [4.78, 5) is 30.2. The van der Waals surface area contributed by atoms with E-state index in [4.69, 9.17) is 11.6 Å². The monoisotopic (exact) mass is 431 g/mol. The summed E-state index contributed by atoms with van der Waals surface area (Å²) >= 11 is 9.00. The second-order valence-electron chi connectivity index (χ2n) is 6.67. The van der Waals surface area contributed by atoms with E-state index in [0.717, 1.165) is 20.1 Å². The Morgan fingerprint density at radius 2 is 2.14 bits per heavy atom. The topological polar surface area (TPSA) is 71.1 Å². The Bertz CT molecular complexity index is 1020. The molecule has 3 aromatic rings. The van der Waals surface area contributed by atoms with E-state index in [9.17, 15) is 9.59 Å². The number of thiazole rings is 1. The van der Waals surface area contributed by atoms with Crippen LogP contribution in [-0.4, -0.2) is 28.6 Å². The van der Waals surface area contributed by atoms with E-state index in [2.05, 4.69) is 15.6 Å². The van der Waals surface area contributed by atoms with Crippen LogP contribution in [0.2, 0.25) is 5.02 Å². The number of carbonyl (C=O) groups is 2. The van der Waals surface area contributed by atoms with E-state index in [-0.39, 0.29) is 24.2 Å². The van der Waals surface area contributed by atoms with Crippen LogP contribution in [0.4, 0.5) is 5.69 Å². The van der Waals surface area contributed by atoms with Gasteiger partial charge < -0.3 is 10.6 Å². The summed E-state index contributed by atoms with van der Waals surface area (Å²) in [5.41, 5.74) is 1.68. The molecule has 0 fully saturated rings. The number of benzene rings is 2. The molecule has 28 heavy (non-hydrogen) atoms. The molecule has 1 aromatic heterocycles. The van der Waals surface area contributed by atoms with Gasteiger partial charge in [0.05, 0.1) is 26.2 Å². The molecule has 0 aliphatic carbocycles. The number of nitrogens with one attached hydrogen (secondary N) is 2. The minimum Gasteiger partial charge on any atom is -0.355 e. The fraction of sp³-hybridized carbons (Fsp3) is 0.250. The van der Waals surface area contributed by atoms with Crippen molar-refractivity contribution >= 4 is 62.4 Å². The Morgan fingerprint density at radius 1 is 1.32 bits per heavy atom. The van der Waals surface area contributed by atoms with Gasteiger partial charge in [0.2, 0.25) is 11.8 Å². The van der Waals surface area contributed by atoms with Crippen molar-refractivity contribution < 1.29 is 9.59 Å². The Balaban J connectivity index is 1.34. The number of amides is 2. The average Bonchev–Trinajstić information content (AvgIpc) is 3.11. The highest BCUT2D eigenvalue weighted by atomic mass is 35.5. The maximum Gasteiger partial charge on any atom is 0.238 e. The number of thioether (sulfide) groups is 1. The first-order valence-electron chi connectivity index (χ1n) is 8.89. The highest BCUT2D eigenvalue weighted by Gasteiger charge is 2.29.